The Morgan fingerprint density at radius 2 is 0.466 bits per heavy atom. The van der Waals surface area contributed by atoms with Crippen LogP contribution in [0.5, 0.6) is 0 Å². The fraction of sp³-hybridized carbons (Fsp3) is 0.942. The van der Waals surface area contributed by atoms with Gasteiger partial charge >= 0.3 is 17.9 Å². The van der Waals surface area contributed by atoms with E-state index >= 15 is 0 Å². The van der Waals surface area contributed by atoms with Crippen molar-refractivity contribution in [3.63, 3.8) is 0 Å². The SMILES string of the molecule is CCCCCCCCCCCCCCCCCCCCCCCCCC(=O)OCC(COC(=O)CCCCCCCC)OC(=O)CCCCCCCCCCCCC. The van der Waals surface area contributed by atoms with E-state index in [9.17, 15) is 14.4 Å². The lowest BCUT2D eigenvalue weighted by Crippen LogP contribution is -2.30. The maximum atomic E-state index is 12.7. The first kappa shape index (κ1) is 56.4. The second-order valence-electron chi connectivity index (χ2n) is 17.8. The summed E-state index contributed by atoms with van der Waals surface area (Å²) >= 11 is 0. The van der Waals surface area contributed by atoms with Crippen molar-refractivity contribution in [1.82, 2.24) is 0 Å². The Labute approximate surface area is 361 Å². The van der Waals surface area contributed by atoms with Crippen LogP contribution in [0.2, 0.25) is 0 Å². The van der Waals surface area contributed by atoms with E-state index in [2.05, 4.69) is 20.8 Å². The summed E-state index contributed by atoms with van der Waals surface area (Å²) in [6, 6.07) is 0. The number of carbonyl (C=O) groups is 3. The van der Waals surface area contributed by atoms with Gasteiger partial charge in [-0.15, -0.1) is 0 Å². The third-order valence-corrected chi connectivity index (χ3v) is 11.9. The molecule has 1 unspecified atom stereocenters. The Hall–Kier alpha value is -1.59. The number of unbranched alkanes of at least 4 members (excludes halogenated alkanes) is 37. The Balaban J connectivity index is 4.02. The molecule has 1 atom stereocenters. The first-order chi connectivity index (χ1) is 28.5. The number of esters is 3. The van der Waals surface area contributed by atoms with Crippen LogP contribution >= 0.6 is 0 Å². The maximum absolute atomic E-state index is 12.7. The molecule has 0 aliphatic heterocycles. The van der Waals surface area contributed by atoms with Crippen LogP contribution in [0, 0.1) is 0 Å². The van der Waals surface area contributed by atoms with Gasteiger partial charge in [0.1, 0.15) is 13.2 Å². The van der Waals surface area contributed by atoms with Crippen LogP contribution in [-0.2, 0) is 28.6 Å². The molecule has 0 radical (unpaired) electrons. The zero-order chi connectivity index (χ0) is 42.3. The molecule has 0 heterocycles. The van der Waals surface area contributed by atoms with Crippen LogP contribution in [-0.4, -0.2) is 37.2 Å². The number of carbonyl (C=O) groups excluding carboxylic acids is 3. The first-order valence-corrected chi connectivity index (χ1v) is 26.0. The second kappa shape index (κ2) is 48.1. The lowest BCUT2D eigenvalue weighted by atomic mass is 10.0. The molecule has 0 spiro atoms. The highest BCUT2D eigenvalue weighted by atomic mass is 16.6. The average Bonchev–Trinajstić information content (AvgIpc) is 3.22. The third kappa shape index (κ3) is 45.5. The van der Waals surface area contributed by atoms with Gasteiger partial charge < -0.3 is 14.2 Å². The van der Waals surface area contributed by atoms with Crippen LogP contribution in [0.4, 0.5) is 0 Å². The van der Waals surface area contributed by atoms with Gasteiger partial charge in [-0.3, -0.25) is 14.4 Å². The largest absolute Gasteiger partial charge is 0.462 e. The van der Waals surface area contributed by atoms with Crippen LogP contribution in [0.1, 0.15) is 297 Å². The molecule has 0 aromatic heterocycles. The van der Waals surface area contributed by atoms with Crippen LogP contribution in [0.3, 0.4) is 0 Å². The molecule has 0 amide bonds. The number of rotatable bonds is 48. The van der Waals surface area contributed by atoms with E-state index in [1.807, 2.05) is 0 Å². The highest BCUT2D eigenvalue weighted by molar-refractivity contribution is 5.71. The van der Waals surface area contributed by atoms with Gasteiger partial charge in [-0.1, -0.05) is 258 Å². The van der Waals surface area contributed by atoms with E-state index < -0.39 is 6.10 Å². The number of ether oxygens (including phenoxy) is 3. The minimum Gasteiger partial charge on any atom is -0.462 e. The molecule has 0 aliphatic rings. The lowest BCUT2D eigenvalue weighted by molar-refractivity contribution is -0.167. The first-order valence-electron chi connectivity index (χ1n) is 26.0. The zero-order valence-corrected chi connectivity index (χ0v) is 39.3. The van der Waals surface area contributed by atoms with Crippen LogP contribution < -0.4 is 0 Å². The lowest BCUT2D eigenvalue weighted by Gasteiger charge is -2.18. The van der Waals surface area contributed by atoms with Crippen LogP contribution in [0.15, 0.2) is 0 Å². The van der Waals surface area contributed by atoms with Crippen molar-refractivity contribution in [2.45, 2.75) is 303 Å². The molecule has 0 saturated carbocycles. The third-order valence-electron chi connectivity index (χ3n) is 11.9. The maximum Gasteiger partial charge on any atom is 0.306 e. The van der Waals surface area contributed by atoms with Gasteiger partial charge in [0.25, 0.3) is 0 Å². The van der Waals surface area contributed by atoms with Gasteiger partial charge in [-0.25, -0.2) is 0 Å². The predicted octanol–water partition coefficient (Wildman–Crippen LogP) is 16.8. The molecule has 0 fully saturated rings. The average molecular weight is 821 g/mol. The Bertz CT molecular complexity index is 859. The molecule has 0 aromatic carbocycles. The van der Waals surface area contributed by atoms with E-state index in [4.69, 9.17) is 14.2 Å². The van der Waals surface area contributed by atoms with Crippen molar-refractivity contribution in [2.24, 2.45) is 0 Å². The quantitative estimate of drug-likeness (QED) is 0.0346. The summed E-state index contributed by atoms with van der Waals surface area (Å²) in [5, 5.41) is 0. The summed E-state index contributed by atoms with van der Waals surface area (Å²) in [4.78, 5) is 37.6. The van der Waals surface area contributed by atoms with E-state index in [1.54, 1.807) is 0 Å². The van der Waals surface area contributed by atoms with Crippen molar-refractivity contribution in [1.29, 1.82) is 0 Å². The summed E-state index contributed by atoms with van der Waals surface area (Å²) in [5.74, 6) is -0.856. The van der Waals surface area contributed by atoms with Gasteiger partial charge in [-0.05, 0) is 19.3 Å². The number of hydrogen-bond donors (Lipinski definition) is 0. The summed E-state index contributed by atoms with van der Waals surface area (Å²) in [7, 11) is 0. The van der Waals surface area contributed by atoms with E-state index in [0.29, 0.717) is 19.3 Å². The second-order valence-corrected chi connectivity index (χ2v) is 17.8. The van der Waals surface area contributed by atoms with Gasteiger partial charge in [0.2, 0.25) is 0 Å². The highest BCUT2D eigenvalue weighted by Crippen LogP contribution is 2.17. The van der Waals surface area contributed by atoms with Gasteiger partial charge in [0.05, 0.1) is 0 Å². The summed E-state index contributed by atoms with van der Waals surface area (Å²) < 4.78 is 16.7. The highest BCUT2D eigenvalue weighted by Gasteiger charge is 2.19. The van der Waals surface area contributed by atoms with E-state index in [1.165, 1.54) is 199 Å². The van der Waals surface area contributed by atoms with E-state index in [0.717, 1.165) is 57.8 Å². The monoisotopic (exact) mass is 821 g/mol. The minimum atomic E-state index is -0.757. The molecule has 58 heavy (non-hydrogen) atoms. The van der Waals surface area contributed by atoms with Crippen molar-refractivity contribution in [2.75, 3.05) is 13.2 Å². The molecule has 0 rings (SSSR count). The van der Waals surface area contributed by atoms with Gasteiger partial charge in [-0.2, -0.15) is 0 Å². The molecule has 6 heteroatoms. The summed E-state index contributed by atoms with van der Waals surface area (Å²) in [6.07, 6.45) is 51.3. The smallest absolute Gasteiger partial charge is 0.306 e. The van der Waals surface area contributed by atoms with Crippen molar-refractivity contribution in [3.8, 4) is 0 Å². The van der Waals surface area contributed by atoms with Crippen molar-refractivity contribution < 1.29 is 28.6 Å². The molecular weight excluding hydrogens is 721 g/mol. The molecule has 0 aromatic rings. The fourth-order valence-electron chi connectivity index (χ4n) is 7.92. The van der Waals surface area contributed by atoms with E-state index in [-0.39, 0.29) is 31.1 Å². The predicted molar refractivity (Wildman–Crippen MR) is 247 cm³/mol. The standard InChI is InChI=1S/C52H100O6/c1-4-7-10-13-16-18-20-21-22-23-24-25-26-27-28-29-30-31-33-34-36-39-42-45-51(54)57-48-49(47-56-50(53)44-41-38-15-12-9-6-3)58-52(55)46-43-40-37-35-32-19-17-14-11-8-5-2/h49H,4-48H2,1-3H3. The molecule has 344 valence electrons. The Morgan fingerprint density at radius 3 is 0.690 bits per heavy atom. The molecule has 0 bridgehead atoms. The Kier molecular flexibility index (Phi) is 46.8. The van der Waals surface area contributed by atoms with Crippen molar-refractivity contribution in [3.05, 3.63) is 0 Å². The molecule has 6 nitrogen and oxygen atoms in total. The molecule has 0 aliphatic carbocycles. The molecular formula is C52H100O6. The normalized spacial score (nSPS) is 11.8. The van der Waals surface area contributed by atoms with Crippen molar-refractivity contribution >= 4 is 17.9 Å². The number of hydrogen-bond acceptors (Lipinski definition) is 6. The zero-order valence-electron chi connectivity index (χ0n) is 39.3. The molecule has 0 saturated heterocycles. The summed E-state index contributed by atoms with van der Waals surface area (Å²) in [6.45, 7) is 6.61. The summed E-state index contributed by atoms with van der Waals surface area (Å²) in [5.41, 5.74) is 0. The Morgan fingerprint density at radius 1 is 0.276 bits per heavy atom. The van der Waals surface area contributed by atoms with Gasteiger partial charge in [0, 0.05) is 19.3 Å². The topological polar surface area (TPSA) is 78.9 Å². The minimum absolute atomic E-state index is 0.0630. The molecule has 0 N–H and O–H groups in total. The fourth-order valence-corrected chi connectivity index (χ4v) is 7.92. The van der Waals surface area contributed by atoms with Gasteiger partial charge in [0.15, 0.2) is 6.10 Å². The van der Waals surface area contributed by atoms with Crippen LogP contribution in [0.25, 0.3) is 0 Å².